The summed E-state index contributed by atoms with van der Waals surface area (Å²) < 4.78 is 26.1. The molecule has 10 heteroatoms. The number of halogens is 2. The van der Waals surface area contributed by atoms with E-state index in [1.54, 1.807) is 12.1 Å². The monoisotopic (exact) mass is 454 g/mol. The molecule has 1 amide bonds. The molecule has 0 radical (unpaired) electrons. The van der Waals surface area contributed by atoms with Gasteiger partial charge in [0.1, 0.15) is 0 Å². The highest BCUT2D eigenvalue weighted by atomic mass is 35.5. The standard InChI is InChI=1S/C18H30N4O3S.2ClH/c1-4-19-10-11-20-18(23)16-14-15(26(24,25)21(2)3)8-9-17(16)22-12-6-5-7-13-22;;/h8-9,14,19H,4-7,10-13H2,1-3H3,(H,20,23);2*1H. The van der Waals surface area contributed by atoms with Crippen LogP contribution in [-0.2, 0) is 10.0 Å². The van der Waals surface area contributed by atoms with Crippen molar-refractivity contribution in [3.05, 3.63) is 23.8 Å². The zero-order valence-corrected chi connectivity index (χ0v) is 19.2. The lowest BCUT2D eigenvalue weighted by atomic mass is 10.1. The van der Waals surface area contributed by atoms with Crippen LogP contribution in [0, 0.1) is 0 Å². The van der Waals surface area contributed by atoms with Crippen molar-refractivity contribution < 1.29 is 13.2 Å². The third-order valence-corrected chi connectivity index (χ3v) is 6.34. The Morgan fingerprint density at radius 3 is 2.32 bits per heavy atom. The number of rotatable bonds is 8. The van der Waals surface area contributed by atoms with E-state index < -0.39 is 10.0 Å². The maximum absolute atomic E-state index is 12.7. The Hall–Kier alpha value is -1.06. The van der Waals surface area contributed by atoms with Gasteiger partial charge in [-0.1, -0.05) is 6.92 Å². The Kier molecular flexibility index (Phi) is 12.0. The predicted molar refractivity (Wildman–Crippen MR) is 119 cm³/mol. The van der Waals surface area contributed by atoms with Crippen LogP contribution in [-0.4, -0.2) is 65.4 Å². The highest BCUT2D eigenvalue weighted by molar-refractivity contribution is 7.89. The number of nitrogens with one attached hydrogen (secondary N) is 2. The van der Waals surface area contributed by atoms with Gasteiger partial charge in [0, 0.05) is 46.0 Å². The average molecular weight is 455 g/mol. The van der Waals surface area contributed by atoms with E-state index in [9.17, 15) is 13.2 Å². The van der Waals surface area contributed by atoms with E-state index in [0.29, 0.717) is 18.7 Å². The number of nitrogens with zero attached hydrogens (tertiary/aromatic N) is 2. The van der Waals surface area contributed by atoms with Gasteiger partial charge >= 0.3 is 0 Å². The largest absolute Gasteiger partial charge is 0.371 e. The Balaban J connectivity index is 0.00000364. The molecule has 1 aromatic carbocycles. The minimum atomic E-state index is -3.59. The fraction of sp³-hybridized carbons (Fsp3) is 0.611. The Morgan fingerprint density at radius 2 is 1.75 bits per heavy atom. The van der Waals surface area contributed by atoms with Gasteiger partial charge in [-0.25, -0.2) is 12.7 Å². The number of hydrogen-bond donors (Lipinski definition) is 2. The summed E-state index contributed by atoms with van der Waals surface area (Å²) in [6.07, 6.45) is 3.35. The second-order valence-corrected chi connectivity index (χ2v) is 8.78. The fourth-order valence-corrected chi connectivity index (χ4v) is 3.94. The first kappa shape index (κ1) is 26.9. The molecular weight excluding hydrogens is 423 g/mol. The zero-order valence-electron chi connectivity index (χ0n) is 16.7. The van der Waals surface area contributed by atoms with Crippen molar-refractivity contribution in [3.63, 3.8) is 0 Å². The normalized spacial score (nSPS) is 14.2. The van der Waals surface area contributed by atoms with Crippen molar-refractivity contribution in [2.45, 2.75) is 31.1 Å². The molecular formula is C18H32Cl2N4O3S. The van der Waals surface area contributed by atoms with E-state index in [2.05, 4.69) is 15.5 Å². The van der Waals surface area contributed by atoms with E-state index in [4.69, 9.17) is 0 Å². The number of piperidine rings is 1. The lowest BCUT2D eigenvalue weighted by molar-refractivity contribution is 0.0954. The molecule has 2 N–H and O–H groups in total. The minimum Gasteiger partial charge on any atom is -0.371 e. The van der Waals surface area contributed by atoms with Crippen LogP contribution in [0.2, 0.25) is 0 Å². The quantitative estimate of drug-likeness (QED) is 0.587. The second-order valence-electron chi connectivity index (χ2n) is 6.62. The van der Waals surface area contributed by atoms with Crippen LogP contribution in [0.25, 0.3) is 0 Å². The van der Waals surface area contributed by atoms with Crippen LogP contribution in [0.5, 0.6) is 0 Å². The number of carbonyl (C=O) groups excluding carboxylic acids is 1. The molecule has 1 aromatic rings. The summed E-state index contributed by atoms with van der Waals surface area (Å²) in [5.74, 6) is -0.237. The van der Waals surface area contributed by atoms with Gasteiger partial charge < -0.3 is 15.5 Å². The first-order chi connectivity index (χ1) is 12.4. The summed E-state index contributed by atoms with van der Waals surface area (Å²) in [6.45, 7) is 5.79. The van der Waals surface area contributed by atoms with E-state index in [1.807, 2.05) is 6.92 Å². The molecule has 7 nitrogen and oxygen atoms in total. The van der Waals surface area contributed by atoms with E-state index in [1.165, 1.54) is 26.6 Å². The molecule has 1 aliphatic rings. The molecule has 2 rings (SSSR count). The molecule has 162 valence electrons. The van der Waals surface area contributed by atoms with Crippen molar-refractivity contribution in [1.82, 2.24) is 14.9 Å². The smallest absolute Gasteiger partial charge is 0.253 e. The van der Waals surface area contributed by atoms with Gasteiger partial charge in [-0.2, -0.15) is 0 Å². The van der Waals surface area contributed by atoms with Gasteiger partial charge in [0.05, 0.1) is 10.5 Å². The average Bonchev–Trinajstić information content (AvgIpc) is 2.65. The van der Waals surface area contributed by atoms with Crippen LogP contribution in [0.3, 0.4) is 0 Å². The zero-order chi connectivity index (χ0) is 19.2. The topological polar surface area (TPSA) is 81.7 Å². The Morgan fingerprint density at radius 1 is 1.11 bits per heavy atom. The van der Waals surface area contributed by atoms with Crippen LogP contribution in [0.15, 0.2) is 23.1 Å². The molecule has 0 spiro atoms. The first-order valence-electron chi connectivity index (χ1n) is 9.18. The summed E-state index contributed by atoms with van der Waals surface area (Å²) in [4.78, 5) is 15.1. The molecule has 0 unspecified atom stereocenters. The highest BCUT2D eigenvalue weighted by Gasteiger charge is 2.24. The number of benzene rings is 1. The fourth-order valence-electron chi connectivity index (χ4n) is 3.02. The van der Waals surface area contributed by atoms with Gasteiger partial charge in [-0.05, 0) is 44.0 Å². The van der Waals surface area contributed by atoms with Crippen molar-refractivity contribution in [3.8, 4) is 0 Å². The number of amides is 1. The molecule has 0 saturated carbocycles. The molecule has 0 atom stereocenters. The molecule has 1 aliphatic heterocycles. The number of anilines is 1. The summed E-state index contributed by atoms with van der Waals surface area (Å²) in [5.41, 5.74) is 1.23. The number of likely N-dealkylation sites (N-methyl/N-ethyl adjacent to an activating group) is 1. The van der Waals surface area contributed by atoms with Gasteiger partial charge in [-0.3, -0.25) is 4.79 Å². The van der Waals surface area contributed by atoms with Crippen molar-refractivity contribution in [2.24, 2.45) is 0 Å². The molecule has 1 heterocycles. The van der Waals surface area contributed by atoms with Crippen molar-refractivity contribution >= 4 is 46.4 Å². The van der Waals surface area contributed by atoms with Gasteiger partial charge in [-0.15, -0.1) is 24.8 Å². The van der Waals surface area contributed by atoms with E-state index in [-0.39, 0.29) is 35.6 Å². The van der Waals surface area contributed by atoms with Gasteiger partial charge in [0.2, 0.25) is 10.0 Å². The lowest BCUT2D eigenvalue weighted by Gasteiger charge is -2.30. The van der Waals surface area contributed by atoms with Crippen molar-refractivity contribution in [1.29, 1.82) is 0 Å². The third-order valence-electron chi connectivity index (χ3n) is 4.53. The summed E-state index contributed by atoms with van der Waals surface area (Å²) >= 11 is 0. The summed E-state index contributed by atoms with van der Waals surface area (Å²) in [5, 5.41) is 6.04. The summed E-state index contributed by atoms with van der Waals surface area (Å²) in [6, 6.07) is 4.86. The SMILES string of the molecule is CCNCCNC(=O)c1cc(S(=O)(=O)N(C)C)ccc1N1CCCCC1.Cl.Cl. The van der Waals surface area contributed by atoms with Gasteiger partial charge in [0.25, 0.3) is 5.91 Å². The Bertz CT molecular complexity index is 724. The Labute approximate surface area is 181 Å². The lowest BCUT2D eigenvalue weighted by Crippen LogP contribution is -2.35. The molecule has 0 bridgehead atoms. The maximum Gasteiger partial charge on any atom is 0.253 e. The number of sulfonamides is 1. The predicted octanol–water partition coefficient (Wildman–Crippen LogP) is 2.11. The second kappa shape index (κ2) is 12.5. The van der Waals surface area contributed by atoms with E-state index in [0.717, 1.165) is 42.5 Å². The van der Waals surface area contributed by atoms with Crippen molar-refractivity contribution in [2.75, 3.05) is 51.7 Å². The molecule has 1 saturated heterocycles. The minimum absolute atomic E-state index is 0. The highest BCUT2D eigenvalue weighted by Crippen LogP contribution is 2.27. The van der Waals surface area contributed by atoms with E-state index >= 15 is 0 Å². The van der Waals surface area contributed by atoms with Crippen LogP contribution in [0.4, 0.5) is 5.69 Å². The van der Waals surface area contributed by atoms with Crippen LogP contribution >= 0.6 is 24.8 Å². The number of carbonyl (C=O) groups is 1. The van der Waals surface area contributed by atoms with Crippen LogP contribution < -0.4 is 15.5 Å². The van der Waals surface area contributed by atoms with Gasteiger partial charge in [0.15, 0.2) is 0 Å². The molecule has 1 fully saturated rings. The molecule has 28 heavy (non-hydrogen) atoms. The summed E-state index contributed by atoms with van der Waals surface area (Å²) in [7, 11) is -0.607. The molecule has 0 aromatic heterocycles. The third kappa shape index (κ3) is 6.77. The molecule has 0 aliphatic carbocycles. The van der Waals surface area contributed by atoms with Crippen LogP contribution in [0.1, 0.15) is 36.5 Å². The number of hydrogen-bond acceptors (Lipinski definition) is 5. The maximum atomic E-state index is 12.7. The first-order valence-corrected chi connectivity index (χ1v) is 10.6.